The number of rotatable bonds is 82. The molecule has 2 saturated heterocycles. The van der Waals surface area contributed by atoms with Crippen LogP contribution in [0.3, 0.4) is 0 Å². The van der Waals surface area contributed by atoms with E-state index in [-0.39, 0.29) is 57.1 Å². The molecule has 2 aliphatic rings. The highest BCUT2D eigenvalue weighted by Crippen LogP contribution is 2.16. The average molecular weight is 1430 g/mol. The van der Waals surface area contributed by atoms with Gasteiger partial charge in [0.25, 0.3) is 23.6 Å². The summed E-state index contributed by atoms with van der Waals surface area (Å²) >= 11 is 0. The molecule has 0 aromatic heterocycles. The lowest BCUT2D eigenvalue weighted by atomic mass is 10.4. The zero-order valence-corrected chi connectivity index (χ0v) is 58.0. The second-order valence-corrected chi connectivity index (χ2v) is 20.2. The number of nitrogens with zero attached hydrogens (tertiary/aromatic N) is 2. The van der Waals surface area contributed by atoms with Gasteiger partial charge >= 0.3 is 5.97 Å². The summed E-state index contributed by atoms with van der Waals surface area (Å²) in [5.74, 6) is -2.47. The first-order valence-electron chi connectivity index (χ1n) is 34.0. The summed E-state index contributed by atoms with van der Waals surface area (Å²) in [6.45, 7) is 21.9. The van der Waals surface area contributed by atoms with Crippen molar-refractivity contribution in [2.24, 2.45) is 0 Å². The molecule has 4 amide bonds. The third-order valence-corrected chi connectivity index (χ3v) is 12.6. The number of carbonyl (C=O) groups is 5. The van der Waals surface area contributed by atoms with Crippen LogP contribution in [0.2, 0.25) is 0 Å². The molecular formula is C63H116N2O33. The van der Waals surface area contributed by atoms with Gasteiger partial charge in [-0.15, -0.1) is 5.06 Å². The van der Waals surface area contributed by atoms with Crippen molar-refractivity contribution >= 4 is 29.6 Å². The molecule has 2 fully saturated rings. The van der Waals surface area contributed by atoms with Crippen LogP contribution < -0.4 is 0 Å². The molecule has 0 saturated carbocycles. The van der Waals surface area contributed by atoms with Crippen molar-refractivity contribution in [3.05, 3.63) is 0 Å². The van der Waals surface area contributed by atoms with E-state index in [9.17, 15) is 24.0 Å². The summed E-state index contributed by atoms with van der Waals surface area (Å²) in [5.41, 5.74) is 0. The fourth-order valence-electron chi connectivity index (χ4n) is 7.53. The highest BCUT2D eigenvalue weighted by molar-refractivity contribution is 6.01. The van der Waals surface area contributed by atoms with Gasteiger partial charge in [0.2, 0.25) is 0 Å². The number of ether oxygens (including phenoxy) is 26. The van der Waals surface area contributed by atoms with E-state index in [0.29, 0.717) is 329 Å². The quantitative estimate of drug-likeness (QED) is 0.0434. The fourth-order valence-corrected chi connectivity index (χ4v) is 7.53. The molecule has 0 bridgehead atoms. The van der Waals surface area contributed by atoms with Gasteiger partial charge in [0.1, 0.15) is 0 Å². The Morgan fingerprint density at radius 3 is 0.571 bits per heavy atom. The summed E-state index contributed by atoms with van der Waals surface area (Å²) in [5, 5.41) is 1.29. The number of methoxy groups -OCH3 is 1. The molecule has 35 heteroatoms. The van der Waals surface area contributed by atoms with Crippen molar-refractivity contribution in [3.63, 3.8) is 0 Å². The molecule has 576 valence electrons. The molecule has 0 N–H and O–H groups in total. The standard InChI is InChI=1S/C63H116N2O33/c1-71-63(98-65-60(68)4-5-61(65)69)7-9-73-11-13-75-15-17-77-19-21-79-23-25-81-27-29-83-31-33-85-35-37-87-39-41-89-43-45-91-47-49-93-51-53-95-55-57-96-56-54-94-52-50-92-48-46-90-44-42-88-40-38-86-36-34-84-32-30-82-28-26-80-24-22-78-20-18-76-16-14-74-12-10-72-8-6-62(70)97-64-58(66)2-3-59(64)67/h63H,2-57H2,1H3. The van der Waals surface area contributed by atoms with E-state index >= 15 is 0 Å². The molecule has 98 heavy (non-hydrogen) atoms. The Hall–Kier alpha value is -3.33. The average Bonchev–Trinajstić information content (AvgIpc) is 1.78. The summed E-state index contributed by atoms with van der Waals surface area (Å²) in [6.07, 6.45) is -0.0782. The van der Waals surface area contributed by atoms with Crippen LogP contribution in [-0.2, 0) is 157 Å². The van der Waals surface area contributed by atoms with E-state index in [1.54, 1.807) is 0 Å². The second-order valence-electron chi connectivity index (χ2n) is 20.2. The normalized spacial score (nSPS) is 13.8. The summed E-state index contributed by atoms with van der Waals surface area (Å²) in [7, 11) is 1.44. The van der Waals surface area contributed by atoms with Crippen molar-refractivity contribution in [2.45, 2.75) is 44.8 Å². The van der Waals surface area contributed by atoms with E-state index in [2.05, 4.69) is 0 Å². The predicted octanol–water partition coefficient (Wildman–Crippen LogP) is -0.158. The number of carbonyl (C=O) groups excluding carboxylic acids is 5. The van der Waals surface area contributed by atoms with Crippen LogP contribution in [0.4, 0.5) is 0 Å². The third-order valence-electron chi connectivity index (χ3n) is 12.6. The Labute approximate surface area is 577 Å². The SMILES string of the molecule is COC(CCOCCOCCOCCOCCOCCOCCOCCOCCOCCOCCOCCOCCOCCOCCOCCOCCOCCOCCOCCOCCOCCOCCOCCOCCOCCC(=O)ON1C(=O)CCC1=O)ON1C(=O)CCC1=O. The van der Waals surface area contributed by atoms with Crippen molar-refractivity contribution in [1.29, 1.82) is 0 Å². The Bertz CT molecular complexity index is 1760. The van der Waals surface area contributed by atoms with Crippen molar-refractivity contribution < 1.29 is 157 Å². The van der Waals surface area contributed by atoms with Crippen molar-refractivity contribution in [1.82, 2.24) is 10.1 Å². The zero-order valence-electron chi connectivity index (χ0n) is 58.0. The van der Waals surface area contributed by atoms with E-state index in [1.807, 2.05) is 0 Å². The zero-order chi connectivity index (χ0) is 70.0. The largest absolute Gasteiger partial charge is 0.379 e. The van der Waals surface area contributed by atoms with Crippen LogP contribution in [0.15, 0.2) is 0 Å². The number of amides is 4. The van der Waals surface area contributed by atoms with Crippen molar-refractivity contribution in [3.8, 4) is 0 Å². The van der Waals surface area contributed by atoms with Crippen LogP contribution in [0.1, 0.15) is 38.5 Å². The minimum absolute atomic E-state index is 0.0501. The number of imide groups is 2. The molecule has 0 radical (unpaired) electrons. The van der Waals surface area contributed by atoms with E-state index in [1.165, 1.54) is 7.11 Å². The fraction of sp³-hybridized carbons (Fsp3) is 0.921. The van der Waals surface area contributed by atoms with Crippen LogP contribution in [0, 0.1) is 0 Å². The number of hydrogen-bond donors (Lipinski definition) is 0. The molecular weight excluding hydrogens is 1310 g/mol. The lowest BCUT2D eigenvalue weighted by molar-refractivity contribution is -0.255. The Balaban J connectivity index is 1.09. The minimum Gasteiger partial charge on any atom is -0.379 e. The van der Waals surface area contributed by atoms with Gasteiger partial charge in [0.05, 0.1) is 337 Å². The van der Waals surface area contributed by atoms with Gasteiger partial charge in [-0.1, -0.05) is 0 Å². The van der Waals surface area contributed by atoms with Crippen molar-refractivity contribution in [2.75, 3.05) is 337 Å². The molecule has 35 nitrogen and oxygen atoms in total. The van der Waals surface area contributed by atoms with Gasteiger partial charge in [-0.25, -0.2) is 9.63 Å². The first kappa shape index (κ1) is 90.8. The molecule has 2 aliphatic heterocycles. The van der Waals surface area contributed by atoms with Gasteiger partial charge < -0.3 is 128 Å². The molecule has 2 rings (SSSR count). The first-order valence-corrected chi connectivity index (χ1v) is 34.0. The van der Waals surface area contributed by atoms with Crippen LogP contribution in [0.25, 0.3) is 0 Å². The maximum atomic E-state index is 11.7. The highest BCUT2D eigenvalue weighted by atomic mass is 16.8. The molecule has 0 aromatic rings. The van der Waals surface area contributed by atoms with Gasteiger partial charge in [0.15, 0.2) is 6.29 Å². The predicted molar refractivity (Wildman–Crippen MR) is 340 cm³/mol. The van der Waals surface area contributed by atoms with Gasteiger partial charge in [0, 0.05) is 39.2 Å². The Morgan fingerprint density at radius 2 is 0.398 bits per heavy atom. The minimum atomic E-state index is -0.750. The molecule has 1 atom stereocenters. The second kappa shape index (κ2) is 73.4. The molecule has 2 heterocycles. The van der Waals surface area contributed by atoms with E-state index in [0.717, 1.165) is 5.06 Å². The monoisotopic (exact) mass is 1430 g/mol. The topological polar surface area (TPSA) is 350 Å². The number of hydrogen-bond acceptors (Lipinski definition) is 33. The summed E-state index contributed by atoms with van der Waals surface area (Å²) in [4.78, 5) is 68.0. The maximum absolute atomic E-state index is 11.7. The first-order chi connectivity index (χ1) is 48.4. The molecule has 0 spiro atoms. The lowest BCUT2D eigenvalue weighted by Crippen LogP contribution is -2.35. The molecule has 0 aromatic carbocycles. The molecule has 0 aliphatic carbocycles. The number of hydroxylamine groups is 4. The van der Waals surface area contributed by atoms with Crippen LogP contribution in [0.5, 0.6) is 0 Å². The summed E-state index contributed by atoms with van der Waals surface area (Å²) in [6, 6.07) is 0. The Kier molecular flexibility index (Phi) is 68.0. The third kappa shape index (κ3) is 61.3. The van der Waals surface area contributed by atoms with Crippen LogP contribution >= 0.6 is 0 Å². The van der Waals surface area contributed by atoms with Gasteiger partial charge in [-0.2, -0.15) is 5.06 Å². The van der Waals surface area contributed by atoms with E-state index in [4.69, 9.17) is 133 Å². The van der Waals surface area contributed by atoms with Gasteiger partial charge in [-0.3, -0.25) is 19.2 Å². The maximum Gasteiger partial charge on any atom is 0.335 e. The lowest BCUT2D eigenvalue weighted by Gasteiger charge is -2.21. The smallest absolute Gasteiger partial charge is 0.335 e. The highest BCUT2D eigenvalue weighted by Gasteiger charge is 2.33. The van der Waals surface area contributed by atoms with E-state index < -0.39 is 24.1 Å². The molecule has 1 unspecified atom stereocenters. The van der Waals surface area contributed by atoms with Gasteiger partial charge in [-0.05, 0) is 0 Å². The Morgan fingerprint density at radius 1 is 0.245 bits per heavy atom. The van der Waals surface area contributed by atoms with Crippen LogP contribution in [-0.4, -0.2) is 383 Å². The summed E-state index contributed by atoms with van der Waals surface area (Å²) < 4.78 is 143.